The van der Waals surface area contributed by atoms with E-state index in [4.69, 9.17) is 9.47 Å². The van der Waals surface area contributed by atoms with Crippen molar-refractivity contribution in [3.8, 4) is 11.5 Å². The van der Waals surface area contributed by atoms with Gasteiger partial charge in [0.25, 0.3) is 0 Å². The third kappa shape index (κ3) is 5.93. The first-order valence-corrected chi connectivity index (χ1v) is 11.7. The Kier molecular flexibility index (Phi) is 7.65. The fraction of sp³-hybridized carbons (Fsp3) is 0.357. The molecule has 2 N–H and O–H groups in total. The van der Waals surface area contributed by atoms with E-state index in [-0.39, 0.29) is 0 Å². The van der Waals surface area contributed by atoms with Crippen molar-refractivity contribution in [2.75, 3.05) is 13.1 Å². The van der Waals surface area contributed by atoms with Gasteiger partial charge in [-0.15, -0.1) is 0 Å². The molecule has 1 aliphatic heterocycles. The van der Waals surface area contributed by atoms with E-state index in [1.165, 1.54) is 0 Å². The van der Waals surface area contributed by atoms with Gasteiger partial charge in [-0.25, -0.2) is 0 Å². The molecule has 0 saturated carbocycles. The van der Waals surface area contributed by atoms with Crippen molar-refractivity contribution in [3.63, 3.8) is 0 Å². The maximum absolute atomic E-state index is 11.6. The number of aliphatic hydroxyl groups is 2. The number of aliphatic hydroxyl groups excluding tert-OH is 1. The third-order valence-corrected chi connectivity index (χ3v) is 6.21. The van der Waals surface area contributed by atoms with E-state index in [9.17, 15) is 10.2 Å². The quantitative estimate of drug-likeness (QED) is 0.508. The Morgan fingerprint density at radius 3 is 2.12 bits per heavy atom. The van der Waals surface area contributed by atoms with Crippen LogP contribution in [0.25, 0.3) is 0 Å². The average Bonchev–Trinajstić information content (AvgIpc) is 2.84. The van der Waals surface area contributed by atoms with Gasteiger partial charge in [0.15, 0.2) is 6.10 Å². The Balaban J connectivity index is 1.47. The van der Waals surface area contributed by atoms with Crippen LogP contribution in [0.5, 0.6) is 11.5 Å². The second kappa shape index (κ2) is 10.8. The molecular formula is C28H33NO4. The number of hydrogen-bond donors (Lipinski definition) is 2. The molecule has 174 valence electrons. The van der Waals surface area contributed by atoms with Crippen LogP contribution in [0.4, 0.5) is 0 Å². The number of benzene rings is 3. The molecule has 1 saturated heterocycles. The number of nitrogens with zero attached hydrogens (tertiary/aromatic N) is 1. The van der Waals surface area contributed by atoms with Crippen molar-refractivity contribution in [2.45, 2.75) is 50.7 Å². The van der Waals surface area contributed by atoms with Crippen molar-refractivity contribution in [1.82, 2.24) is 4.90 Å². The summed E-state index contributed by atoms with van der Waals surface area (Å²) in [7, 11) is 0. The SMILES string of the molecule is CCCN1CCC(O)(Cc2ccccc2)C(Oc2ccc(OCc3ccccc3)cc2)C1O. The minimum Gasteiger partial charge on any atom is -0.489 e. The van der Waals surface area contributed by atoms with Crippen LogP contribution in [0.2, 0.25) is 0 Å². The van der Waals surface area contributed by atoms with Crippen molar-refractivity contribution in [2.24, 2.45) is 0 Å². The highest BCUT2D eigenvalue weighted by atomic mass is 16.5. The Morgan fingerprint density at radius 1 is 0.879 bits per heavy atom. The zero-order valence-electron chi connectivity index (χ0n) is 19.1. The molecule has 0 spiro atoms. The summed E-state index contributed by atoms with van der Waals surface area (Å²) >= 11 is 0. The number of rotatable bonds is 9. The van der Waals surface area contributed by atoms with Crippen LogP contribution in [-0.4, -0.2) is 46.1 Å². The molecule has 33 heavy (non-hydrogen) atoms. The van der Waals surface area contributed by atoms with Crippen LogP contribution in [-0.2, 0) is 13.0 Å². The molecule has 0 radical (unpaired) electrons. The molecule has 1 aliphatic rings. The molecule has 4 rings (SSSR count). The number of hydrogen-bond acceptors (Lipinski definition) is 5. The summed E-state index contributed by atoms with van der Waals surface area (Å²) < 4.78 is 12.1. The van der Waals surface area contributed by atoms with Crippen molar-refractivity contribution in [3.05, 3.63) is 96.1 Å². The monoisotopic (exact) mass is 447 g/mol. The van der Waals surface area contributed by atoms with Crippen molar-refractivity contribution >= 4 is 0 Å². The van der Waals surface area contributed by atoms with E-state index in [1.807, 2.05) is 89.8 Å². The largest absolute Gasteiger partial charge is 0.489 e. The summed E-state index contributed by atoms with van der Waals surface area (Å²) in [6.45, 7) is 3.96. The highest BCUT2D eigenvalue weighted by molar-refractivity contribution is 5.32. The van der Waals surface area contributed by atoms with E-state index in [2.05, 4.69) is 6.92 Å². The van der Waals surface area contributed by atoms with Gasteiger partial charge in [-0.1, -0.05) is 67.6 Å². The van der Waals surface area contributed by atoms with E-state index in [0.717, 1.165) is 29.8 Å². The zero-order valence-corrected chi connectivity index (χ0v) is 19.1. The average molecular weight is 448 g/mol. The molecule has 5 nitrogen and oxygen atoms in total. The maximum atomic E-state index is 11.6. The van der Waals surface area contributed by atoms with Crippen LogP contribution < -0.4 is 9.47 Å². The van der Waals surface area contributed by atoms with Crippen LogP contribution in [0, 0.1) is 0 Å². The third-order valence-electron chi connectivity index (χ3n) is 6.21. The summed E-state index contributed by atoms with van der Waals surface area (Å²) in [6.07, 6.45) is 0.222. The van der Waals surface area contributed by atoms with E-state index >= 15 is 0 Å². The van der Waals surface area contributed by atoms with E-state index in [1.54, 1.807) is 0 Å². The molecule has 3 aromatic rings. The lowest BCUT2D eigenvalue weighted by molar-refractivity contribution is -0.192. The highest BCUT2D eigenvalue weighted by Crippen LogP contribution is 2.34. The second-order valence-electron chi connectivity index (χ2n) is 8.75. The van der Waals surface area contributed by atoms with Gasteiger partial charge in [-0.3, -0.25) is 4.90 Å². The molecule has 0 aromatic heterocycles. The maximum Gasteiger partial charge on any atom is 0.167 e. The van der Waals surface area contributed by atoms with Gasteiger partial charge in [-0.05, 0) is 48.2 Å². The molecule has 1 fully saturated rings. The summed E-state index contributed by atoms with van der Waals surface area (Å²) in [6, 6.07) is 27.3. The number of piperidine rings is 1. The molecule has 3 aromatic carbocycles. The van der Waals surface area contributed by atoms with Crippen LogP contribution in [0.3, 0.4) is 0 Å². The molecule has 1 heterocycles. The van der Waals surface area contributed by atoms with Gasteiger partial charge in [0.2, 0.25) is 0 Å². The highest BCUT2D eigenvalue weighted by Gasteiger charge is 2.48. The number of likely N-dealkylation sites (tertiary alicyclic amines) is 1. The summed E-state index contributed by atoms with van der Waals surface area (Å²) in [5.41, 5.74) is 0.951. The first-order chi connectivity index (χ1) is 16.1. The lowest BCUT2D eigenvalue weighted by Crippen LogP contribution is -2.64. The first kappa shape index (κ1) is 23.3. The summed E-state index contributed by atoms with van der Waals surface area (Å²) in [5, 5.41) is 22.7. The fourth-order valence-corrected chi connectivity index (χ4v) is 4.42. The summed E-state index contributed by atoms with van der Waals surface area (Å²) in [5.74, 6) is 1.33. The van der Waals surface area contributed by atoms with Gasteiger partial charge >= 0.3 is 0 Å². The van der Waals surface area contributed by atoms with Gasteiger partial charge in [-0.2, -0.15) is 0 Å². The minimum absolute atomic E-state index is 0.424. The fourth-order valence-electron chi connectivity index (χ4n) is 4.42. The molecule has 0 amide bonds. The molecule has 5 heteroatoms. The van der Waals surface area contributed by atoms with Crippen LogP contribution in [0.15, 0.2) is 84.9 Å². The predicted octanol–water partition coefficient (Wildman–Crippen LogP) is 4.42. The smallest absolute Gasteiger partial charge is 0.167 e. The molecule has 0 aliphatic carbocycles. The van der Waals surface area contributed by atoms with Crippen molar-refractivity contribution < 1.29 is 19.7 Å². The lowest BCUT2D eigenvalue weighted by Gasteiger charge is -2.47. The Labute approximate surface area is 196 Å². The normalized spacial score (nSPS) is 23.2. The Hall–Kier alpha value is -2.86. The minimum atomic E-state index is -1.17. The molecule has 3 unspecified atom stereocenters. The molecule has 3 atom stereocenters. The molecular weight excluding hydrogens is 414 g/mol. The van der Waals surface area contributed by atoms with Gasteiger partial charge < -0.3 is 19.7 Å². The zero-order chi connectivity index (χ0) is 23.1. The topological polar surface area (TPSA) is 62.2 Å². The van der Waals surface area contributed by atoms with Gasteiger partial charge in [0.1, 0.15) is 29.9 Å². The number of ether oxygens (including phenoxy) is 2. The van der Waals surface area contributed by atoms with Gasteiger partial charge in [0, 0.05) is 19.5 Å². The van der Waals surface area contributed by atoms with Gasteiger partial charge in [0.05, 0.1) is 0 Å². The van der Waals surface area contributed by atoms with Crippen molar-refractivity contribution in [1.29, 1.82) is 0 Å². The first-order valence-electron chi connectivity index (χ1n) is 11.7. The second-order valence-corrected chi connectivity index (χ2v) is 8.75. The van der Waals surface area contributed by atoms with Crippen LogP contribution >= 0.6 is 0 Å². The Bertz CT molecular complexity index is 980. The lowest BCUT2D eigenvalue weighted by atomic mass is 9.81. The van der Waals surface area contributed by atoms with Crippen LogP contribution in [0.1, 0.15) is 30.9 Å². The molecule has 0 bridgehead atoms. The standard InChI is InChI=1S/C28H33NO4/c1-2-18-29-19-17-28(31,20-22-9-5-3-6-10-22)26(27(29)30)33-25-15-13-24(14-16-25)32-21-23-11-7-4-8-12-23/h3-16,26-27,30-31H,2,17-21H2,1H3. The van der Waals surface area contributed by atoms with E-state index in [0.29, 0.717) is 31.7 Å². The summed E-state index contributed by atoms with van der Waals surface area (Å²) in [4.78, 5) is 1.99. The Morgan fingerprint density at radius 2 is 1.48 bits per heavy atom. The predicted molar refractivity (Wildman–Crippen MR) is 129 cm³/mol. The van der Waals surface area contributed by atoms with E-state index < -0.39 is 17.9 Å².